The van der Waals surface area contributed by atoms with Gasteiger partial charge < -0.3 is 14.8 Å². The van der Waals surface area contributed by atoms with Gasteiger partial charge in [0.25, 0.3) is 0 Å². The fourth-order valence-electron chi connectivity index (χ4n) is 1.57. The molecule has 1 unspecified atom stereocenters. The Labute approximate surface area is 111 Å². The van der Waals surface area contributed by atoms with Gasteiger partial charge in [-0.1, -0.05) is 0 Å². The van der Waals surface area contributed by atoms with Crippen molar-refractivity contribution in [2.45, 2.75) is 6.54 Å². The minimum Gasteiger partial charge on any atom is -0.454 e. The summed E-state index contributed by atoms with van der Waals surface area (Å²) < 4.78 is 22.4. The second-order valence-electron chi connectivity index (χ2n) is 3.77. The van der Waals surface area contributed by atoms with E-state index >= 15 is 0 Å². The van der Waals surface area contributed by atoms with Crippen LogP contribution in [0.2, 0.25) is 0 Å². The summed E-state index contributed by atoms with van der Waals surface area (Å²) in [4.78, 5) is 0. The Bertz CT molecular complexity index is 439. The molecule has 1 aromatic carbocycles. The molecule has 0 radical (unpaired) electrons. The molecule has 1 heterocycles. The molecule has 0 saturated heterocycles. The third-order valence-electron chi connectivity index (χ3n) is 2.38. The fraction of sp³-hybridized carbons (Fsp3) is 0.455. The second-order valence-corrected chi connectivity index (χ2v) is 6.17. The number of ether oxygens (including phenoxy) is 2. The van der Waals surface area contributed by atoms with Crippen molar-refractivity contribution in [1.82, 2.24) is 5.32 Å². The fourth-order valence-corrected chi connectivity index (χ4v) is 2.61. The molecule has 1 aliphatic rings. The Hall–Kier alpha value is -0.590. The predicted octanol–water partition coefficient (Wildman–Crippen LogP) is 1.65. The summed E-state index contributed by atoms with van der Waals surface area (Å²) in [6, 6.07) is 3.96. The van der Waals surface area contributed by atoms with Crippen molar-refractivity contribution in [2.75, 3.05) is 25.3 Å². The van der Waals surface area contributed by atoms with E-state index in [1.807, 2.05) is 12.1 Å². The molecule has 6 heteroatoms. The smallest absolute Gasteiger partial charge is 0.231 e. The quantitative estimate of drug-likeness (QED) is 0.838. The summed E-state index contributed by atoms with van der Waals surface area (Å²) in [6.07, 6.45) is 1.71. The van der Waals surface area contributed by atoms with Gasteiger partial charge in [-0.15, -0.1) is 0 Å². The van der Waals surface area contributed by atoms with Crippen molar-refractivity contribution in [3.05, 3.63) is 22.2 Å². The van der Waals surface area contributed by atoms with Crippen molar-refractivity contribution in [2.24, 2.45) is 0 Å². The van der Waals surface area contributed by atoms with Crippen LogP contribution in [0.15, 0.2) is 16.6 Å². The summed E-state index contributed by atoms with van der Waals surface area (Å²) in [6.45, 7) is 1.75. The lowest BCUT2D eigenvalue weighted by molar-refractivity contribution is 0.173. The topological polar surface area (TPSA) is 47.6 Å². The van der Waals surface area contributed by atoms with Crippen LogP contribution < -0.4 is 14.8 Å². The largest absolute Gasteiger partial charge is 0.454 e. The number of hydrogen-bond acceptors (Lipinski definition) is 4. The van der Waals surface area contributed by atoms with Gasteiger partial charge in [0.1, 0.15) is 0 Å². The van der Waals surface area contributed by atoms with E-state index in [1.165, 1.54) is 0 Å². The third-order valence-corrected chi connectivity index (χ3v) is 3.75. The van der Waals surface area contributed by atoms with Gasteiger partial charge in [-0.2, -0.15) is 0 Å². The maximum atomic E-state index is 10.9. The molecule has 4 nitrogen and oxygen atoms in total. The Morgan fingerprint density at radius 3 is 3.06 bits per heavy atom. The molecule has 0 bridgehead atoms. The van der Waals surface area contributed by atoms with Gasteiger partial charge in [0.2, 0.25) is 6.79 Å². The zero-order chi connectivity index (χ0) is 12.3. The van der Waals surface area contributed by atoms with E-state index in [0.717, 1.165) is 34.6 Å². The molecule has 0 aromatic heterocycles. The molecule has 2 rings (SSSR count). The number of fused-ring (bicyclic) bond motifs is 1. The number of nitrogens with one attached hydrogen (secondary N) is 1. The Balaban J connectivity index is 1.93. The van der Waals surface area contributed by atoms with E-state index in [2.05, 4.69) is 21.2 Å². The van der Waals surface area contributed by atoms with Gasteiger partial charge in [0.15, 0.2) is 11.5 Å². The maximum Gasteiger partial charge on any atom is 0.231 e. The summed E-state index contributed by atoms with van der Waals surface area (Å²) in [5.41, 5.74) is 1.11. The molecule has 1 aliphatic heterocycles. The van der Waals surface area contributed by atoms with E-state index in [4.69, 9.17) is 9.47 Å². The standard InChI is InChI=1S/C11H14BrNO3S/c1-17(14)3-2-13-6-8-4-9(12)11-10(5-8)15-7-16-11/h4-5,13H,2-3,6-7H2,1H3. The Kier molecular flexibility index (Phi) is 4.42. The van der Waals surface area contributed by atoms with Gasteiger partial charge in [0, 0.05) is 35.9 Å². The number of hydrogen-bond donors (Lipinski definition) is 1. The lowest BCUT2D eigenvalue weighted by atomic mass is 10.2. The van der Waals surface area contributed by atoms with Crippen LogP contribution in [-0.2, 0) is 17.3 Å². The minimum atomic E-state index is -0.744. The molecule has 0 fully saturated rings. The average Bonchev–Trinajstić information content (AvgIpc) is 2.72. The highest BCUT2D eigenvalue weighted by molar-refractivity contribution is 9.10. The molecule has 1 N–H and O–H groups in total. The van der Waals surface area contributed by atoms with E-state index in [0.29, 0.717) is 5.75 Å². The molecule has 0 saturated carbocycles. The molecule has 0 aliphatic carbocycles. The highest BCUT2D eigenvalue weighted by Gasteiger charge is 2.17. The van der Waals surface area contributed by atoms with Gasteiger partial charge in [-0.25, -0.2) is 0 Å². The van der Waals surface area contributed by atoms with E-state index in [1.54, 1.807) is 6.26 Å². The zero-order valence-electron chi connectivity index (χ0n) is 9.49. The molecule has 94 valence electrons. The summed E-state index contributed by atoms with van der Waals surface area (Å²) >= 11 is 3.45. The van der Waals surface area contributed by atoms with Crippen LogP contribution in [0.5, 0.6) is 11.5 Å². The van der Waals surface area contributed by atoms with Gasteiger partial charge in [-0.05, 0) is 33.6 Å². The Morgan fingerprint density at radius 1 is 1.47 bits per heavy atom. The van der Waals surface area contributed by atoms with Crippen molar-refractivity contribution < 1.29 is 13.7 Å². The first-order chi connectivity index (χ1) is 8.16. The predicted molar refractivity (Wildman–Crippen MR) is 70.9 cm³/mol. The summed E-state index contributed by atoms with van der Waals surface area (Å²) in [5, 5.41) is 3.24. The first-order valence-corrected chi connectivity index (χ1v) is 7.77. The number of halogens is 1. The Morgan fingerprint density at radius 2 is 2.29 bits per heavy atom. The molecule has 1 atom stereocenters. The van der Waals surface area contributed by atoms with Crippen LogP contribution in [0.25, 0.3) is 0 Å². The van der Waals surface area contributed by atoms with Crippen LogP contribution >= 0.6 is 15.9 Å². The molecule has 17 heavy (non-hydrogen) atoms. The van der Waals surface area contributed by atoms with Gasteiger partial charge >= 0.3 is 0 Å². The molecular formula is C11H14BrNO3S. The SMILES string of the molecule is CS(=O)CCNCc1cc(Br)c2c(c1)OCO2. The van der Waals surface area contributed by atoms with Crippen molar-refractivity contribution >= 4 is 26.7 Å². The van der Waals surface area contributed by atoms with Crippen LogP contribution in [0.4, 0.5) is 0 Å². The van der Waals surface area contributed by atoms with Gasteiger partial charge in [-0.3, -0.25) is 4.21 Å². The lowest BCUT2D eigenvalue weighted by Gasteiger charge is -2.06. The highest BCUT2D eigenvalue weighted by atomic mass is 79.9. The summed E-state index contributed by atoms with van der Waals surface area (Å²) in [7, 11) is -0.744. The van der Waals surface area contributed by atoms with E-state index in [9.17, 15) is 4.21 Å². The van der Waals surface area contributed by atoms with Crippen LogP contribution in [0.1, 0.15) is 5.56 Å². The van der Waals surface area contributed by atoms with Crippen molar-refractivity contribution in [3.8, 4) is 11.5 Å². The zero-order valence-corrected chi connectivity index (χ0v) is 11.9. The normalized spacial score (nSPS) is 14.9. The van der Waals surface area contributed by atoms with Gasteiger partial charge in [0.05, 0.1) is 4.47 Å². The second kappa shape index (κ2) is 5.84. The highest BCUT2D eigenvalue weighted by Crippen LogP contribution is 2.39. The minimum absolute atomic E-state index is 0.277. The van der Waals surface area contributed by atoms with Crippen LogP contribution in [-0.4, -0.2) is 29.6 Å². The first-order valence-electron chi connectivity index (χ1n) is 5.25. The lowest BCUT2D eigenvalue weighted by Crippen LogP contribution is -2.19. The summed E-state index contributed by atoms with van der Waals surface area (Å²) in [5.74, 6) is 2.21. The molecule has 0 spiro atoms. The first kappa shape index (κ1) is 12.9. The molecule has 1 aromatic rings. The third kappa shape index (κ3) is 3.43. The average molecular weight is 320 g/mol. The monoisotopic (exact) mass is 319 g/mol. The van der Waals surface area contributed by atoms with Crippen LogP contribution in [0.3, 0.4) is 0 Å². The van der Waals surface area contributed by atoms with Crippen LogP contribution in [0, 0.1) is 0 Å². The number of benzene rings is 1. The van der Waals surface area contributed by atoms with Crippen molar-refractivity contribution in [1.29, 1.82) is 0 Å². The van der Waals surface area contributed by atoms with E-state index in [-0.39, 0.29) is 6.79 Å². The maximum absolute atomic E-state index is 10.9. The van der Waals surface area contributed by atoms with E-state index < -0.39 is 10.8 Å². The molecular weight excluding hydrogens is 306 g/mol. The van der Waals surface area contributed by atoms with Crippen molar-refractivity contribution in [3.63, 3.8) is 0 Å². The number of rotatable bonds is 5. The molecule has 0 amide bonds.